The van der Waals surface area contributed by atoms with Crippen molar-refractivity contribution in [2.45, 2.75) is 37.0 Å². The van der Waals surface area contributed by atoms with Gasteiger partial charge < -0.3 is 30.0 Å². The average Bonchev–Trinajstić information content (AvgIpc) is 3.59. The molecule has 2 heterocycles. The number of benzene rings is 2. The minimum atomic E-state index is -1.10. The molecule has 0 bridgehead atoms. The van der Waals surface area contributed by atoms with E-state index >= 15 is 0 Å². The van der Waals surface area contributed by atoms with E-state index in [0.29, 0.717) is 19.4 Å². The summed E-state index contributed by atoms with van der Waals surface area (Å²) in [6.07, 6.45) is -1.34. The van der Waals surface area contributed by atoms with Gasteiger partial charge in [0.1, 0.15) is 12.7 Å². The van der Waals surface area contributed by atoms with E-state index in [1.165, 1.54) is 0 Å². The van der Waals surface area contributed by atoms with E-state index in [9.17, 15) is 19.5 Å². The lowest BCUT2D eigenvalue weighted by Gasteiger charge is -2.22. The fraction of sp³-hybridized carbons (Fsp3) is 0.423. The zero-order chi connectivity index (χ0) is 24.4. The van der Waals surface area contributed by atoms with Crippen LogP contribution in [0.5, 0.6) is 0 Å². The Hall–Kier alpha value is -3.43. The maximum atomic E-state index is 12.7. The molecule has 9 heteroatoms. The second-order valence-electron chi connectivity index (χ2n) is 9.08. The van der Waals surface area contributed by atoms with Gasteiger partial charge in [0.2, 0.25) is 5.91 Å². The number of carboxylic acid groups (broad SMARTS) is 1. The van der Waals surface area contributed by atoms with Crippen LogP contribution in [0.25, 0.3) is 11.1 Å². The van der Waals surface area contributed by atoms with Crippen LogP contribution in [-0.4, -0.2) is 67.7 Å². The van der Waals surface area contributed by atoms with Crippen molar-refractivity contribution in [3.63, 3.8) is 0 Å². The predicted octanol–water partition coefficient (Wildman–Crippen LogP) is 2.29. The Balaban J connectivity index is 1.14. The fourth-order valence-corrected chi connectivity index (χ4v) is 5.24. The number of amides is 2. The van der Waals surface area contributed by atoms with E-state index < -0.39 is 30.3 Å². The van der Waals surface area contributed by atoms with Crippen LogP contribution < -0.4 is 10.6 Å². The van der Waals surface area contributed by atoms with Crippen LogP contribution in [0.2, 0.25) is 0 Å². The lowest BCUT2D eigenvalue weighted by molar-refractivity contribution is -0.148. The van der Waals surface area contributed by atoms with E-state index in [2.05, 4.69) is 34.9 Å². The summed E-state index contributed by atoms with van der Waals surface area (Å²) in [4.78, 5) is 36.5. The summed E-state index contributed by atoms with van der Waals surface area (Å²) in [6, 6.07) is 15.7. The molecule has 0 aromatic heterocycles. The molecule has 2 aromatic carbocycles. The summed E-state index contributed by atoms with van der Waals surface area (Å²) in [5.74, 6) is -1.75. The molecule has 4 atom stereocenters. The third-order valence-electron chi connectivity index (χ3n) is 6.99. The summed E-state index contributed by atoms with van der Waals surface area (Å²) >= 11 is 0. The highest BCUT2D eigenvalue weighted by molar-refractivity contribution is 5.83. The van der Waals surface area contributed by atoms with Crippen LogP contribution in [0.15, 0.2) is 48.5 Å². The Labute approximate surface area is 202 Å². The molecule has 2 unspecified atom stereocenters. The number of carbonyl (C=O) groups excluding carboxylic acids is 2. The summed E-state index contributed by atoms with van der Waals surface area (Å²) < 4.78 is 16.3. The number of rotatable bonds is 7. The van der Waals surface area contributed by atoms with Crippen molar-refractivity contribution >= 4 is 18.0 Å². The summed E-state index contributed by atoms with van der Waals surface area (Å²) in [5, 5.41) is 14.7. The van der Waals surface area contributed by atoms with Gasteiger partial charge in [0, 0.05) is 31.6 Å². The van der Waals surface area contributed by atoms with E-state index in [4.69, 9.17) is 14.2 Å². The highest BCUT2D eigenvalue weighted by Crippen LogP contribution is 2.44. The number of hydrogen-bond acceptors (Lipinski definition) is 6. The number of fused-ring (bicyclic) bond motifs is 3. The van der Waals surface area contributed by atoms with Gasteiger partial charge in [-0.1, -0.05) is 48.5 Å². The lowest BCUT2D eigenvalue weighted by Crippen LogP contribution is -2.50. The zero-order valence-corrected chi connectivity index (χ0v) is 19.1. The Bertz CT molecular complexity index is 1070. The van der Waals surface area contributed by atoms with Crippen LogP contribution in [0.3, 0.4) is 0 Å². The van der Waals surface area contributed by atoms with Crippen molar-refractivity contribution in [1.82, 2.24) is 10.6 Å². The number of carbonyl (C=O) groups is 3. The van der Waals surface area contributed by atoms with Gasteiger partial charge in [-0.3, -0.25) is 4.79 Å². The molecule has 2 aromatic rings. The van der Waals surface area contributed by atoms with Gasteiger partial charge in [0.25, 0.3) is 0 Å². The average molecular weight is 481 g/mol. The van der Waals surface area contributed by atoms with Gasteiger partial charge in [-0.25, -0.2) is 9.59 Å². The molecular formula is C26H28N2O7. The number of carboxylic acids is 1. The van der Waals surface area contributed by atoms with E-state index in [-0.39, 0.29) is 37.5 Å². The minimum Gasteiger partial charge on any atom is -0.479 e. The SMILES string of the molecule is O=C(NCC1CCOC1C(=O)N[C@H]1CCO[C@H]1C(=O)O)OCC1c2ccccc2-c2ccccc21. The first-order valence-electron chi connectivity index (χ1n) is 11.9. The van der Waals surface area contributed by atoms with E-state index in [1.807, 2.05) is 24.3 Å². The number of alkyl carbamates (subject to hydrolysis) is 1. The molecule has 3 aliphatic rings. The molecular weight excluding hydrogens is 452 g/mol. The van der Waals surface area contributed by atoms with Crippen molar-refractivity contribution < 1.29 is 33.7 Å². The van der Waals surface area contributed by atoms with E-state index in [1.54, 1.807) is 0 Å². The van der Waals surface area contributed by atoms with Crippen LogP contribution in [0.1, 0.15) is 29.9 Å². The number of ether oxygens (including phenoxy) is 3. The monoisotopic (exact) mass is 480 g/mol. The van der Waals surface area contributed by atoms with Crippen molar-refractivity contribution in [1.29, 1.82) is 0 Å². The predicted molar refractivity (Wildman–Crippen MR) is 125 cm³/mol. The first-order chi connectivity index (χ1) is 17.0. The summed E-state index contributed by atoms with van der Waals surface area (Å²) in [5.41, 5.74) is 4.59. The van der Waals surface area contributed by atoms with Crippen molar-refractivity contribution in [3.8, 4) is 11.1 Å². The first kappa shape index (κ1) is 23.3. The minimum absolute atomic E-state index is 0.0303. The molecule has 0 spiro atoms. The molecule has 0 saturated carbocycles. The molecule has 184 valence electrons. The van der Waals surface area contributed by atoms with Crippen LogP contribution in [0.4, 0.5) is 4.79 Å². The van der Waals surface area contributed by atoms with Gasteiger partial charge in [0.05, 0.1) is 6.04 Å². The van der Waals surface area contributed by atoms with Gasteiger partial charge in [-0.2, -0.15) is 0 Å². The third-order valence-corrected chi connectivity index (χ3v) is 6.99. The second kappa shape index (κ2) is 10.1. The van der Waals surface area contributed by atoms with Crippen LogP contribution in [-0.2, 0) is 23.8 Å². The topological polar surface area (TPSA) is 123 Å². The molecule has 35 heavy (non-hydrogen) atoms. The standard InChI is InChI=1S/C26H28N2O7/c29-24(28-21-10-12-34-23(21)25(30)31)22-15(9-11-33-22)13-27-26(32)35-14-20-18-7-3-1-5-16(18)17-6-2-4-8-19(17)20/h1-8,15,20-23H,9-14H2,(H,27,32)(H,28,29)(H,30,31)/t15?,21-,22?,23+/m0/s1. The van der Waals surface area contributed by atoms with Gasteiger partial charge >= 0.3 is 12.1 Å². The number of nitrogens with one attached hydrogen (secondary N) is 2. The maximum Gasteiger partial charge on any atom is 0.407 e. The van der Waals surface area contributed by atoms with Crippen LogP contribution in [0, 0.1) is 5.92 Å². The second-order valence-corrected chi connectivity index (χ2v) is 9.08. The number of hydrogen-bond donors (Lipinski definition) is 3. The summed E-state index contributed by atoms with van der Waals surface area (Å²) in [7, 11) is 0. The van der Waals surface area contributed by atoms with Crippen molar-refractivity contribution in [3.05, 3.63) is 59.7 Å². The Morgan fingerprint density at radius 1 is 0.914 bits per heavy atom. The Morgan fingerprint density at radius 3 is 2.23 bits per heavy atom. The largest absolute Gasteiger partial charge is 0.479 e. The first-order valence-corrected chi connectivity index (χ1v) is 11.9. The third kappa shape index (κ3) is 4.74. The molecule has 2 fully saturated rings. The van der Waals surface area contributed by atoms with Gasteiger partial charge in [-0.15, -0.1) is 0 Å². The summed E-state index contributed by atoms with van der Waals surface area (Å²) in [6.45, 7) is 1.10. The molecule has 0 radical (unpaired) electrons. The molecule has 1 aliphatic carbocycles. The maximum absolute atomic E-state index is 12.7. The lowest BCUT2D eigenvalue weighted by atomic mass is 9.98. The molecule has 9 nitrogen and oxygen atoms in total. The number of aliphatic carboxylic acids is 1. The molecule has 2 saturated heterocycles. The van der Waals surface area contributed by atoms with Crippen molar-refractivity contribution in [2.24, 2.45) is 5.92 Å². The molecule has 2 amide bonds. The normalized spacial score (nSPS) is 25.0. The zero-order valence-electron chi connectivity index (χ0n) is 19.1. The Morgan fingerprint density at radius 2 is 1.54 bits per heavy atom. The highest BCUT2D eigenvalue weighted by Gasteiger charge is 2.40. The smallest absolute Gasteiger partial charge is 0.407 e. The van der Waals surface area contributed by atoms with Crippen molar-refractivity contribution in [2.75, 3.05) is 26.4 Å². The van der Waals surface area contributed by atoms with Gasteiger partial charge in [0.15, 0.2) is 6.10 Å². The Kier molecular flexibility index (Phi) is 6.70. The quantitative estimate of drug-likeness (QED) is 0.556. The molecule has 5 rings (SSSR count). The fourth-order valence-electron chi connectivity index (χ4n) is 5.24. The van der Waals surface area contributed by atoms with Gasteiger partial charge in [-0.05, 0) is 35.1 Å². The van der Waals surface area contributed by atoms with Crippen LogP contribution >= 0.6 is 0 Å². The molecule has 3 N–H and O–H groups in total. The molecule has 2 aliphatic heterocycles. The van der Waals surface area contributed by atoms with E-state index in [0.717, 1.165) is 22.3 Å². The highest BCUT2D eigenvalue weighted by atomic mass is 16.5.